The summed E-state index contributed by atoms with van der Waals surface area (Å²) in [6.07, 6.45) is 5.56. The Hall–Kier alpha value is -1.32. The second-order valence-electron chi connectivity index (χ2n) is 4.91. The average molecular weight is 234 g/mol. The number of nitrogens with zero attached hydrogens (tertiary/aromatic N) is 3. The van der Waals surface area contributed by atoms with Gasteiger partial charge in [0.1, 0.15) is 18.0 Å². The third-order valence-electron chi connectivity index (χ3n) is 3.33. The van der Waals surface area contributed by atoms with Gasteiger partial charge in [-0.05, 0) is 25.2 Å². The van der Waals surface area contributed by atoms with Crippen molar-refractivity contribution in [3.63, 3.8) is 0 Å². The fraction of sp³-hybridized carbons (Fsp3) is 0.692. The molecule has 0 aromatic carbocycles. The molecule has 1 aromatic heterocycles. The Kier molecular flexibility index (Phi) is 3.82. The van der Waals surface area contributed by atoms with Crippen molar-refractivity contribution in [3.8, 4) is 0 Å². The molecule has 17 heavy (non-hydrogen) atoms. The van der Waals surface area contributed by atoms with Crippen LogP contribution in [-0.2, 0) is 0 Å². The van der Waals surface area contributed by atoms with E-state index in [4.69, 9.17) is 0 Å². The number of hydrogen-bond acceptors (Lipinski definition) is 4. The molecule has 0 aliphatic carbocycles. The minimum atomic E-state index is 0.440. The normalized spacial score (nSPS) is 16.4. The Morgan fingerprint density at radius 1 is 1.18 bits per heavy atom. The zero-order valence-electron chi connectivity index (χ0n) is 11.0. The zero-order valence-corrected chi connectivity index (χ0v) is 11.0. The van der Waals surface area contributed by atoms with E-state index in [-0.39, 0.29) is 0 Å². The van der Waals surface area contributed by atoms with Crippen molar-refractivity contribution >= 4 is 11.6 Å². The van der Waals surface area contributed by atoms with Gasteiger partial charge in [-0.3, -0.25) is 0 Å². The number of aromatic nitrogens is 2. The summed E-state index contributed by atoms with van der Waals surface area (Å²) in [6, 6.07) is 0. The van der Waals surface area contributed by atoms with Gasteiger partial charge in [0.05, 0.1) is 0 Å². The van der Waals surface area contributed by atoms with Crippen LogP contribution in [0, 0.1) is 0 Å². The maximum atomic E-state index is 4.51. The fourth-order valence-electron chi connectivity index (χ4n) is 2.47. The van der Waals surface area contributed by atoms with Crippen molar-refractivity contribution < 1.29 is 0 Å². The van der Waals surface area contributed by atoms with Gasteiger partial charge in [0.2, 0.25) is 0 Å². The van der Waals surface area contributed by atoms with E-state index in [1.54, 1.807) is 6.33 Å². The smallest absolute Gasteiger partial charge is 0.137 e. The van der Waals surface area contributed by atoms with Gasteiger partial charge in [0, 0.05) is 25.7 Å². The lowest BCUT2D eigenvalue weighted by molar-refractivity contribution is 0.570. The van der Waals surface area contributed by atoms with E-state index in [2.05, 4.69) is 34.0 Å². The minimum Gasteiger partial charge on any atom is -0.373 e. The summed E-state index contributed by atoms with van der Waals surface area (Å²) < 4.78 is 0. The van der Waals surface area contributed by atoms with Crippen LogP contribution in [0.1, 0.15) is 44.6 Å². The van der Waals surface area contributed by atoms with Gasteiger partial charge in [-0.2, -0.15) is 0 Å². The summed E-state index contributed by atoms with van der Waals surface area (Å²) in [4.78, 5) is 11.2. The Labute approximate surface area is 103 Å². The lowest BCUT2D eigenvalue weighted by atomic mass is 10.0. The van der Waals surface area contributed by atoms with Crippen molar-refractivity contribution in [1.82, 2.24) is 9.97 Å². The van der Waals surface area contributed by atoms with Crippen LogP contribution in [0.4, 0.5) is 11.6 Å². The molecular formula is C13H22N4. The molecule has 1 N–H and O–H groups in total. The first-order chi connectivity index (χ1) is 8.24. The summed E-state index contributed by atoms with van der Waals surface area (Å²) in [6.45, 7) is 6.65. The van der Waals surface area contributed by atoms with E-state index in [0.717, 1.165) is 24.7 Å². The molecule has 0 unspecified atom stereocenters. The van der Waals surface area contributed by atoms with Gasteiger partial charge in [-0.15, -0.1) is 0 Å². The molecule has 2 rings (SSSR count). The topological polar surface area (TPSA) is 41.1 Å². The molecule has 2 heterocycles. The lowest BCUT2D eigenvalue weighted by Gasteiger charge is -2.30. The molecule has 1 aliphatic rings. The highest BCUT2D eigenvalue weighted by Crippen LogP contribution is 2.31. The van der Waals surface area contributed by atoms with E-state index in [1.807, 2.05) is 7.05 Å². The van der Waals surface area contributed by atoms with E-state index < -0.39 is 0 Å². The largest absolute Gasteiger partial charge is 0.373 e. The number of anilines is 2. The van der Waals surface area contributed by atoms with Gasteiger partial charge in [0.25, 0.3) is 0 Å². The first-order valence-corrected chi connectivity index (χ1v) is 6.51. The second-order valence-corrected chi connectivity index (χ2v) is 4.91. The van der Waals surface area contributed by atoms with E-state index in [0.29, 0.717) is 5.92 Å². The van der Waals surface area contributed by atoms with Crippen LogP contribution in [0.25, 0.3) is 0 Å². The van der Waals surface area contributed by atoms with Crippen molar-refractivity contribution in [2.75, 3.05) is 30.4 Å². The molecule has 94 valence electrons. The SMILES string of the molecule is CNc1ncnc(N2CCCCC2)c1C(C)C. The van der Waals surface area contributed by atoms with Crippen molar-refractivity contribution in [1.29, 1.82) is 0 Å². The number of rotatable bonds is 3. The molecule has 0 bridgehead atoms. The highest BCUT2D eigenvalue weighted by Gasteiger charge is 2.20. The summed E-state index contributed by atoms with van der Waals surface area (Å²) in [5.41, 5.74) is 1.25. The van der Waals surface area contributed by atoms with Gasteiger partial charge in [-0.1, -0.05) is 13.8 Å². The molecule has 1 aromatic rings. The quantitative estimate of drug-likeness (QED) is 0.873. The Morgan fingerprint density at radius 2 is 1.88 bits per heavy atom. The highest BCUT2D eigenvalue weighted by atomic mass is 15.2. The molecule has 1 aliphatic heterocycles. The molecule has 0 spiro atoms. The van der Waals surface area contributed by atoms with Crippen LogP contribution in [-0.4, -0.2) is 30.1 Å². The molecular weight excluding hydrogens is 212 g/mol. The number of piperidine rings is 1. The monoisotopic (exact) mass is 234 g/mol. The van der Waals surface area contributed by atoms with Crippen LogP contribution in [0.5, 0.6) is 0 Å². The third kappa shape index (κ3) is 2.51. The average Bonchev–Trinajstić information content (AvgIpc) is 2.38. The van der Waals surface area contributed by atoms with Crippen LogP contribution < -0.4 is 10.2 Å². The Bertz CT molecular complexity index is 370. The molecule has 0 amide bonds. The summed E-state index contributed by atoms with van der Waals surface area (Å²) in [5.74, 6) is 2.53. The van der Waals surface area contributed by atoms with Crippen LogP contribution in [0.3, 0.4) is 0 Å². The Morgan fingerprint density at radius 3 is 2.47 bits per heavy atom. The molecule has 4 nitrogen and oxygen atoms in total. The summed E-state index contributed by atoms with van der Waals surface area (Å²) in [7, 11) is 1.92. The first-order valence-electron chi connectivity index (χ1n) is 6.51. The van der Waals surface area contributed by atoms with Crippen molar-refractivity contribution in [2.24, 2.45) is 0 Å². The maximum Gasteiger partial charge on any atom is 0.137 e. The number of nitrogens with one attached hydrogen (secondary N) is 1. The zero-order chi connectivity index (χ0) is 12.3. The maximum absolute atomic E-state index is 4.51. The second kappa shape index (κ2) is 5.34. The van der Waals surface area contributed by atoms with Gasteiger partial charge < -0.3 is 10.2 Å². The predicted molar refractivity (Wildman–Crippen MR) is 71.7 cm³/mol. The third-order valence-corrected chi connectivity index (χ3v) is 3.33. The molecule has 0 radical (unpaired) electrons. The summed E-state index contributed by atoms with van der Waals surface area (Å²) in [5, 5.41) is 3.18. The van der Waals surface area contributed by atoms with E-state index in [9.17, 15) is 0 Å². The van der Waals surface area contributed by atoms with Crippen molar-refractivity contribution in [3.05, 3.63) is 11.9 Å². The van der Waals surface area contributed by atoms with Crippen LogP contribution >= 0.6 is 0 Å². The standard InChI is InChI=1S/C13H22N4/c1-10(2)11-12(14-3)15-9-16-13(11)17-7-5-4-6-8-17/h9-10H,4-8H2,1-3H3,(H,14,15,16). The fourth-order valence-corrected chi connectivity index (χ4v) is 2.47. The molecule has 0 atom stereocenters. The van der Waals surface area contributed by atoms with E-state index in [1.165, 1.54) is 24.8 Å². The van der Waals surface area contributed by atoms with Crippen LogP contribution in [0.2, 0.25) is 0 Å². The summed E-state index contributed by atoms with van der Waals surface area (Å²) >= 11 is 0. The molecule has 1 fully saturated rings. The highest BCUT2D eigenvalue weighted by molar-refractivity contribution is 5.60. The first kappa shape index (κ1) is 12.1. The molecule has 4 heteroatoms. The lowest BCUT2D eigenvalue weighted by Crippen LogP contribution is -2.31. The molecule has 0 saturated carbocycles. The molecule has 1 saturated heterocycles. The van der Waals surface area contributed by atoms with Crippen molar-refractivity contribution in [2.45, 2.75) is 39.0 Å². The number of hydrogen-bond donors (Lipinski definition) is 1. The van der Waals surface area contributed by atoms with E-state index >= 15 is 0 Å². The predicted octanol–water partition coefficient (Wildman–Crippen LogP) is 2.63. The minimum absolute atomic E-state index is 0.440. The van der Waals surface area contributed by atoms with Gasteiger partial charge >= 0.3 is 0 Å². The van der Waals surface area contributed by atoms with Gasteiger partial charge in [0.15, 0.2) is 0 Å². The Balaban J connectivity index is 2.37. The van der Waals surface area contributed by atoms with Crippen LogP contribution in [0.15, 0.2) is 6.33 Å². The van der Waals surface area contributed by atoms with Gasteiger partial charge in [-0.25, -0.2) is 9.97 Å².